The molecule has 0 bridgehead atoms. The van der Waals surface area contributed by atoms with Crippen molar-refractivity contribution in [2.24, 2.45) is 5.92 Å². The minimum atomic E-state index is -0.385. The fourth-order valence-electron chi connectivity index (χ4n) is 2.07. The largest absolute Gasteiger partial charge is 0.300 e. The van der Waals surface area contributed by atoms with Crippen LogP contribution in [0.5, 0.6) is 0 Å². The number of nitrogens with zero attached hydrogens (tertiary/aromatic N) is 3. The molecule has 0 saturated heterocycles. The van der Waals surface area contributed by atoms with Crippen LogP contribution in [0.15, 0.2) is 18.2 Å². The second-order valence-corrected chi connectivity index (χ2v) is 5.50. The molecule has 6 nitrogen and oxygen atoms in total. The Morgan fingerprint density at radius 2 is 2.20 bits per heavy atom. The van der Waals surface area contributed by atoms with E-state index >= 15 is 0 Å². The summed E-state index contributed by atoms with van der Waals surface area (Å²) >= 11 is 5.23. The number of aromatic nitrogens is 3. The van der Waals surface area contributed by atoms with E-state index < -0.39 is 0 Å². The SMILES string of the molecule is Cc1cc(-c2n[nH]c(=S)n2CC(C)C)ccc1[N+](=O)[O-]. The second kappa shape index (κ2) is 5.54. The Bertz CT molecular complexity index is 703. The molecule has 1 aromatic carbocycles. The topological polar surface area (TPSA) is 76.8 Å². The third-order valence-corrected chi connectivity index (χ3v) is 3.27. The van der Waals surface area contributed by atoms with Gasteiger partial charge < -0.3 is 0 Å². The van der Waals surface area contributed by atoms with Crippen LogP contribution < -0.4 is 0 Å². The van der Waals surface area contributed by atoms with Crippen molar-refractivity contribution >= 4 is 17.9 Å². The second-order valence-electron chi connectivity index (χ2n) is 5.12. The standard InChI is InChI=1S/C13H16N4O2S/c1-8(2)7-16-12(14-15-13(16)20)10-4-5-11(17(18)19)9(3)6-10/h4-6,8H,7H2,1-3H3,(H,15,20). The van der Waals surface area contributed by atoms with E-state index in [1.165, 1.54) is 6.07 Å². The number of nitro benzene ring substituents is 1. The maximum Gasteiger partial charge on any atom is 0.272 e. The first-order chi connectivity index (χ1) is 9.40. The third kappa shape index (κ3) is 2.77. The highest BCUT2D eigenvalue weighted by Crippen LogP contribution is 2.25. The predicted molar refractivity (Wildman–Crippen MR) is 79.1 cm³/mol. The normalized spacial score (nSPS) is 11.0. The van der Waals surface area contributed by atoms with E-state index in [4.69, 9.17) is 12.2 Å². The summed E-state index contributed by atoms with van der Waals surface area (Å²) in [4.78, 5) is 10.5. The number of hydrogen-bond acceptors (Lipinski definition) is 4. The van der Waals surface area contributed by atoms with Crippen molar-refractivity contribution < 1.29 is 4.92 Å². The van der Waals surface area contributed by atoms with Gasteiger partial charge in [0, 0.05) is 23.7 Å². The summed E-state index contributed by atoms with van der Waals surface area (Å²) in [6, 6.07) is 4.97. The molecule has 0 saturated carbocycles. The van der Waals surface area contributed by atoms with Gasteiger partial charge in [-0.2, -0.15) is 5.10 Å². The summed E-state index contributed by atoms with van der Waals surface area (Å²) in [7, 11) is 0. The zero-order chi connectivity index (χ0) is 14.9. The number of aromatic amines is 1. The zero-order valence-corrected chi connectivity index (χ0v) is 12.4. The van der Waals surface area contributed by atoms with Crippen LogP contribution in [0.25, 0.3) is 11.4 Å². The molecule has 20 heavy (non-hydrogen) atoms. The van der Waals surface area contributed by atoms with Crippen molar-refractivity contribution in [1.82, 2.24) is 14.8 Å². The summed E-state index contributed by atoms with van der Waals surface area (Å²) in [5.74, 6) is 1.14. The van der Waals surface area contributed by atoms with Crippen LogP contribution >= 0.6 is 12.2 Å². The highest BCUT2D eigenvalue weighted by atomic mass is 32.1. The number of H-pyrrole nitrogens is 1. The van der Waals surface area contributed by atoms with E-state index in [-0.39, 0.29) is 10.6 Å². The molecular weight excluding hydrogens is 276 g/mol. The van der Waals surface area contributed by atoms with Crippen molar-refractivity contribution in [3.8, 4) is 11.4 Å². The smallest absolute Gasteiger partial charge is 0.272 e. The Balaban J connectivity index is 2.50. The number of nitrogens with one attached hydrogen (secondary N) is 1. The molecule has 0 atom stereocenters. The number of nitro groups is 1. The zero-order valence-electron chi connectivity index (χ0n) is 11.6. The summed E-state index contributed by atoms with van der Waals surface area (Å²) in [5, 5.41) is 17.9. The Morgan fingerprint density at radius 3 is 2.75 bits per heavy atom. The van der Waals surface area contributed by atoms with Crippen LogP contribution in [-0.4, -0.2) is 19.7 Å². The molecule has 1 heterocycles. The molecule has 106 valence electrons. The quantitative estimate of drug-likeness (QED) is 0.531. The Kier molecular flexibility index (Phi) is 3.99. The molecule has 0 unspecified atom stereocenters. The molecule has 0 amide bonds. The summed E-state index contributed by atoms with van der Waals surface area (Å²) in [5.41, 5.74) is 1.54. The fraction of sp³-hybridized carbons (Fsp3) is 0.385. The van der Waals surface area contributed by atoms with Crippen molar-refractivity contribution in [1.29, 1.82) is 0 Å². The third-order valence-electron chi connectivity index (χ3n) is 2.96. The van der Waals surface area contributed by atoms with E-state index in [0.29, 0.717) is 22.1 Å². The molecule has 0 aliphatic heterocycles. The first-order valence-electron chi connectivity index (χ1n) is 6.30. The van der Waals surface area contributed by atoms with Crippen molar-refractivity contribution in [2.45, 2.75) is 27.3 Å². The van der Waals surface area contributed by atoms with Crippen LogP contribution in [0.1, 0.15) is 19.4 Å². The van der Waals surface area contributed by atoms with Crippen molar-refractivity contribution in [3.63, 3.8) is 0 Å². The van der Waals surface area contributed by atoms with Crippen LogP contribution in [0.3, 0.4) is 0 Å². The fourth-order valence-corrected chi connectivity index (χ4v) is 2.28. The molecule has 0 aliphatic carbocycles. The lowest BCUT2D eigenvalue weighted by Gasteiger charge is -2.09. The molecule has 0 spiro atoms. The molecule has 1 aromatic heterocycles. The molecule has 0 radical (unpaired) electrons. The maximum absolute atomic E-state index is 10.8. The average Bonchev–Trinajstić information content (AvgIpc) is 2.70. The number of benzene rings is 1. The van der Waals surface area contributed by atoms with Gasteiger partial charge in [0.1, 0.15) is 0 Å². The Labute approximate surface area is 121 Å². The van der Waals surface area contributed by atoms with Gasteiger partial charge in [0.05, 0.1) is 4.92 Å². The molecular formula is C13H16N4O2S. The van der Waals surface area contributed by atoms with E-state index in [2.05, 4.69) is 24.0 Å². The summed E-state index contributed by atoms with van der Waals surface area (Å²) < 4.78 is 2.48. The van der Waals surface area contributed by atoms with Crippen LogP contribution in [0, 0.1) is 27.7 Å². The predicted octanol–water partition coefficient (Wildman–Crippen LogP) is 3.48. The van der Waals surface area contributed by atoms with Gasteiger partial charge in [-0.15, -0.1) is 0 Å². The Hall–Kier alpha value is -2.02. The lowest BCUT2D eigenvalue weighted by molar-refractivity contribution is -0.385. The Morgan fingerprint density at radius 1 is 1.50 bits per heavy atom. The van der Waals surface area contributed by atoms with E-state index in [9.17, 15) is 10.1 Å². The minimum Gasteiger partial charge on any atom is -0.300 e. The maximum atomic E-state index is 10.8. The lowest BCUT2D eigenvalue weighted by Crippen LogP contribution is -2.06. The van der Waals surface area contributed by atoms with E-state index in [1.807, 2.05) is 4.57 Å². The number of aryl methyl sites for hydroxylation is 1. The summed E-state index contributed by atoms with van der Waals surface area (Å²) in [6.07, 6.45) is 0. The van der Waals surface area contributed by atoms with Gasteiger partial charge in [0.2, 0.25) is 0 Å². The minimum absolute atomic E-state index is 0.110. The van der Waals surface area contributed by atoms with Crippen LogP contribution in [-0.2, 0) is 6.54 Å². The van der Waals surface area contributed by atoms with Gasteiger partial charge in [-0.25, -0.2) is 0 Å². The molecule has 2 aromatic rings. The van der Waals surface area contributed by atoms with E-state index in [1.54, 1.807) is 19.1 Å². The first-order valence-corrected chi connectivity index (χ1v) is 6.71. The van der Waals surface area contributed by atoms with Gasteiger partial charge in [-0.05, 0) is 37.2 Å². The van der Waals surface area contributed by atoms with Gasteiger partial charge in [-0.3, -0.25) is 19.8 Å². The van der Waals surface area contributed by atoms with E-state index in [0.717, 1.165) is 12.1 Å². The molecule has 2 rings (SSSR count). The van der Waals surface area contributed by atoms with Gasteiger partial charge in [-0.1, -0.05) is 13.8 Å². The van der Waals surface area contributed by atoms with Gasteiger partial charge in [0.25, 0.3) is 5.69 Å². The highest BCUT2D eigenvalue weighted by molar-refractivity contribution is 7.71. The molecule has 0 fully saturated rings. The number of rotatable bonds is 4. The highest BCUT2D eigenvalue weighted by Gasteiger charge is 2.15. The van der Waals surface area contributed by atoms with Crippen LogP contribution in [0.2, 0.25) is 0 Å². The molecule has 7 heteroatoms. The molecule has 1 N–H and O–H groups in total. The lowest BCUT2D eigenvalue weighted by atomic mass is 10.1. The van der Waals surface area contributed by atoms with Crippen molar-refractivity contribution in [3.05, 3.63) is 38.6 Å². The summed E-state index contributed by atoms with van der Waals surface area (Å²) in [6.45, 7) is 6.66. The average molecular weight is 292 g/mol. The van der Waals surface area contributed by atoms with Gasteiger partial charge in [0.15, 0.2) is 10.6 Å². The van der Waals surface area contributed by atoms with Crippen LogP contribution in [0.4, 0.5) is 5.69 Å². The van der Waals surface area contributed by atoms with Crippen molar-refractivity contribution in [2.75, 3.05) is 0 Å². The molecule has 0 aliphatic rings. The first kappa shape index (κ1) is 14.4. The number of hydrogen-bond donors (Lipinski definition) is 1. The van der Waals surface area contributed by atoms with Gasteiger partial charge >= 0.3 is 0 Å². The monoisotopic (exact) mass is 292 g/mol.